The average molecular weight is 285 g/mol. The van der Waals surface area contributed by atoms with E-state index in [0.717, 1.165) is 12.6 Å². The highest BCUT2D eigenvalue weighted by Crippen LogP contribution is 2.20. The Hall–Kier alpha value is -2.43. The fourth-order valence-corrected chi connectivity index (χ4v) is 2.12. The number of rotatable bonds is 5. The summed E-state index contributed by atoms with van der Waals surface area (Å²) < 4.78 is 0. The second-order valence-electron chi connectivity index (χ2n) is 5.82. The fourth-order valence-electron chi connectivity index (χ4n) is 2.12. The summed E-state index contributed by atoms with van der Waals surface area (Å²) in [5.41, 5.74) is 0.940. The largest absolute Gasteiger partial charge is 0.350 e. The molecule has 5 nitrogen and oxygen atoms in total. The average Bonchev–Trinajstić information content (AvgIpc) is 2.45. The molecule has 110 valence electrons. The normalized spacial score (nSPS) is 11.1. The summed E-state index contributed by atoms with van der Waals surface area (Å²) in [6.45, 7) is 4.69. The van der Waals surface area contributed by atoms with Crippen LogP contribution in [0.1, 0.15) is 29.9 Å². The molecule has 0 saturated heterocycles. The van der Waals surface area contributed by atoms with Crippen molar-refractivity contribution in [2.45, 2.75) is 20.3 Å². The SMILES string of the molecule is CC(C)(CNC(=O)c1cncc(=O)[nH]1)Cc1ccccc1. The highest BCUT2D eigenvalue weighted by Gasteiger charge is 2.20. The van der Waals surface area contributed by atoms with E-state index in [1.54, 1.807) is 0 Å². The molecule has 1 aromatic carbocycles. The molecule has 0 fully saturated rings. The van der Waals surface area contributed by atoms with E-state index in [-0.39, 0.29) is 22.6 Å². The van der Waals surface area contributed by atoms with Crippen molar-refractivity contribution in [3.05, 3.63) is 64.3 Å². The summed E-state index contributed by atoms with van der Waals surface area (Å²) in [7, 11) is 0. The van der Waals surface area contributed by atoms with Gasteiger partial charge in [0.25, 0.3) is 11.5 Å². The van der Waals surface area contributed by atoms with Crippen molar-refractivity contribution in [2.24, 2.45) is 5.41 Å². The van der Waals surface area contributed by atoms with E-state index in [9.17, 15) is 9.59 Å². The van der Waals surface area contributed by atoms with Gasteiger partial charge in [-0.1, -0.05) is 44.2 Å². The Balaban J connectivity index is 1.95. The van der Waals surface area contributed by atoms with Crippen LogP contribution in [0.15, 0.2) is 47.5 Å². The summed E-state index contributed by atoms with van der Waals surface area (Å²) in [4.78, 5) is 29.3. The lowest BCUT2D eigenvalue weighted by molar-refractivity contribution is 0.0930. The topological polar surface area (TPSA) is 74.8 Å². The van der Waals surface area contributed by atoms with E-state index in [1.165, 1.54) is 11.8 Å². The summed E-state index contributed by atoms with van der Waals surface area (Å²) >= 11 is 0. The summed E-state index contributed by atoms with van der Waals surface area (Å²) in [6, 6.07) is 10.1. The maximum Gasteiger partial charge on any atom is 0.269 e. The minimum absolute atomic E-state index is 0.0838. The van der Waals surface area contributed by atoms with Gasteiger partial charge in [0.15, 0.2) is 0 Å². The molecule has 0 aliphatic rings. The number of benzene rings is 1. The molecule has 5 heteroatoms. The number of nitrogens with zero attached hydrogens (tertiary/aromatic N) is 1. The van der Waals surface area contributed by atoms with Gasteiger partial charge in [0.2, 0.25) is 0 Å². The lowest BCUT2D eigenvalue weighted by atomic mass is 9.85. The van der Waals surface area contributed by atoms with Crippen LogP contribution in [0, 0.1) is 5.41 Å². The van der Waals surface area contributed by atoms with E-state index in [2.05, 4.69) is 41.3 Å². The monoisotopic (exact) mass is 285 g/mol. The number of H-pyrrole nitrogens is 1. The third kappa shape index (κ3) is 4.56. The van der Waals surface area contributed by atoms with Crippen molar-refractivity contribution >= 4 is 5.91 Å². The third-order valence-electron chi connectivity index (χ3n) is 3.15. The minimum Gasteiger partial charge on any atom is -0.350 e. The Morgan fingerprint density at radius 1 is 1.24 bits per heavy atom. The minimum atomic E-state index is -0.383. The molecule has 1 heterocycles. The maximum atomic E-state index is 12.0. The number of hydrogen-bond acceptors (Lipinski definition) is 3. The molecule has 0 spiro atoms. The standard InChI is InChI=1S/C16H19N3O2/c1-16(2,8-12-6-4-3-5-7-12)11-18-15(21)13-9-17-10-14(20)19-13/h3-7,9-10H,8,11H2,1-2H3,(H,18,21)(H,19,20). The number of nitrogens with one attached hydrogen (secondary N) is 2. The number of carbonyl (C=O) groups excluding carboxylic acids is 1. The van der Waals surface area contributed by atoms with E-state index in [1.807, 2.05) is 18.2 Å². The number of hydrogen-bond donors (Lipinski definition) is 2. The second-order valence-corrected chi connectivity index (χ2v) is 5.82. The quantitative estimate of drug-likeness (QED) is 0.879. The van der Waals surface area contributed by atoms with E-state index >= 15 is 0 Å². The van der Waals surface area contributed by atoms with Crippen molar-refractivity contribution in [1.82, 2.24) is 15.3 Å². The number of aromatic amines is 1. The summed E-state index contributed by atoms with van der Waals surface area (Å²) in [5.74, 6) is -0.318. The number of aromatic nitrogens is 2. The molecule has 1 aromatic heterocycles. The lowest BCUT2D eigenvalue weighted by Gasteiger charge is -2.25. The van der Waals surface area contributed by atoms with Gasteiger partial charge in [-0.05, 0) is 17.4 Å². The first-order valence-corrected chi connectivity index (χ1v) is 6.83. The summed E-state index contributed by atoms with van der Waals surface area (Å²) in [6.07, 6.45) is 3.34. The zero-order valence-corrected chi connectivity index (χ0v) is 12.2. The van der Waals surface area contributed by atoms with Crippen molar-refractivity contribution in [1.29, 1.82) is 0 Å². The molecule has 0 bridgehead atoms. The van der Waals surface area contributed by atoms with Crippen LogP contribution in [-0.2, 0) is 6.42 Å². The molecule has 0 aliphatic heterocycles. The lowest BCUT2D eigenvalue weighted by Crippen LogP contribution is -2.36. The van der Waals surface area contributed by atoms with Crippen LogP contribution in [0.4, 0.5) is 0 Å². The molecule has 1 amide bonds. The van der Waals surface area contributed by atoms with Crippen LogP contribution in [0.3, 0.4) is 0 Å². The highest BCUT2D eigenvalue weighted by molar-refractivity contribution is 5.91. The molecule has 2 aromatic rings. The highest BCUT2D eigenvalue weighted by atomic mass is 16.2. The van der Waals surface area contributed by atoms with Crippen LogP contribution < -0.4 is 10.9 Å². The van der Waals surface area contributed by atoms with Gasteiger partial charge in [-0.15, -0.1) is 0 Å². The molecule has 0 unspecified atom stereocenters. The molecule has 2 rings (SSSR count). The van der Waals surface area contributed by atoms with Gasteiger partial charge >= 0.3 is 0 Å². The van der Waals surface area contributed by atoms with Gasteiger partial charge in [0.05, 0.1) is 12.4 Å². The van der Waals surface area contributed by atoms with Crippen molar-refractivity contribution < 1.29 is 4.79 Å². The predicted octanol–water partition coefficient (Wildman–Crippen LogP) is 1.77. The fraction of sp³-hybridized carbons (Fsp3) is 0.312. The van der Waals surface area contributed by atoms with Crippen LogP contribution in [0.25, 0.3) is 0 Å². The zero-order valence-electron chi connectivity index (χ0n) is 12.2. The van der Waals surface area contributed by atoms with Gasteiger partial charge in [0.1, 0.15) is 5.69 Å². The molecule has 0 atom stereocenters. The smallest absolute Gasteiger partial charge is 0.269 e. The van der Waals surface area contributed by atoms with Gasteiger partial charge in [-0.2, -0.15) is 0 Å². The van der Waals surface area contributed by atoms with Gasteiger partial charge < -0.3 is 10.3 Å². The molecular formula is C16H19N3O2. The molecule has 21 heavy (non-hydrogen) atoms. The van der Waals surface area contributed by atoms with E-state index < -0.39 is 0 Å². The van der Waals surface area contributed by atoms with E-state index in [0.29, 0.717) is 6.54 Å². The molecular weight excluding hydrogens is 266 g/mol. The van der Waals surface area contributed by atoms with Crippen molar-refractivity contribution in [3.8, 4) is 0 Å². The van der Waals surface area contributed by atoms with Crippen LogP contribution in [0.5, 0.6) is 0 Å². The predicted molar refractivity (Wildman–Crippen MR) is 81.1 cm³/mol. The van der Waals surface area contributed by atoms with Crippen molar-refractivity contribution in [3.63, 3.8) is 0 Å². The first kappa shape index (κ1) is 15.0. The molecule has 2 N–H and O–H groups in total. The Kier molecular flexibility index (Phi) is 4.52. The molecule has 0 saturated carbocycles. The molecule has 0 radical (unpaired) electrons. The summed E-state index contributed by atoms with van der Waals surface area (Å²) in [5, 5.41) is 2.84. The van der Waals surface area contributed by atoms with Crippen LogP contribution in [0.2, 0.25) is 0 Å². The first-order valence-electron chi connectivity index (χ1n) is 6.83. The van der Waals surface area contributed by atoms with Gasteiger partial charge in [-0.25, -0.2) is 0 Å². The van der Waals surface area contributed by atoms with E-state index in [4.69, 9.17) is 0 Å². The van der Waals surface area contributed by atoms with Crippen LogP contribution in [-0.4, -0.2) is 22.4 Å². The van der Waals surface area contributed by atoms with Crippen molar-refractivity contribution in [2.75, 3.05) is 6.54 Å². The third-order valence-corrected chi connectivity index (χ3v) is 3.15. The number of carbonyl (C=O) groups is 1. The maximum absolute atomic E-state index is 12.0. The zero-order chi connectivity index (χ0) is 15.3. The Morgan fingerprint density at radius 3 is 2.62 bits per heavy atom. The Bertz CT molecular complexity index is 662. The Labute approximate surface area is 123 Å². The van der Waals surface area contributed by atoms with Gasteiger partial charge in [-0.3, -0.25) is 14.6 Å². The van der Waals surface area contributed by atoms with Crippen LogP contribution >= 0.6 is 0 Å². The number of amides is 1. The Morgan fingerprint density at radius 2 is 1.95 bits per heavy atom. The molecule has 0 aliphatic carbocycles. The first-order chi connectivity index (χ1) is 9.96. The van der Waals surface area contributed by atoms with Gasteiger partial charge in [0, 0.05) is 6.54 Å². The second kappa shape index (κ2) is 6.35.